The van der Waals surface area contributed by atoms with Crippen LogP contribution in [0.15, 0.2) is 12.1 Å². The van der Waals surface area contributed by atoms with E-state index in [1.807, 2.05) is 12.1 Å². The highest BCUT2D eigenvalue weighted by molar-refractivity contribution is 9.09. The van der Waals surface area contributed by atoms with Gasteiger partial charge in [0.15, 0.2) is 0 Å². The molecule has 0 aliphatic rings. The Morgan fingerprint density at radius 2 is 1.53 bits per heavy atom. The highest BCUT2D eigenvalue weighted by Gasteiger charge is 2.12. The van der Waals surface area contributed by atoms with E-state index in [0.29, 0.717) is 0 Å². The monoisotopic (exact) mass is 274 g/mol. The smallest absolute Gasteiger partial charge is 0.129 e. The molecule has 3 nitrogen and oxygen atoms in total. The lowest BCUT2D eigenvalue weighted by Gasteiger charge is -2.14. The predicted octanol–water partition coefficient (Wildman–Crippen LogP) is 2.65. The number of alkyl halides is 1. The number of halogens is 1. The Balaban J connectivity index is 3.19. The van der Waals surface area contributed by atoms with Gasteiger partial charge in [-0.1, -0.05) is 15.9 Å². The zero-order chi connectivity index (χ0) is 11.3. The van der Waals surface area contributed by atoms with Gasteiger partial charge in [-0.2, -0.15) is 0 Å². The molecule has 0 saturated carbocycles. The molecule has 0 spiro atoms. The van der Waals surface area contributed by atoms with Crippen LogP contribution in [0.5, 0.6) is 17.2 Å². The average molecular weight is 275 g/mol. The van der Waals surface area contributed by atoms with Gasteiger partial charge in [-0.3, -0.25) is 0 Å². The minimum Gasteiger partial charge on any atom is -0.496 e. The topological polar surface area (TPSA) is 27.7 Å². The van der Waals surface area contributed by atoms with Crippen LogP contribution in [0, 0.1) is 0 Å². The van der Waals surface area contributed by atoms with Crippen molar-refractivity contribution in [3.05, 3.63) is 17.7 Å². The minimum absolute atomic E-state index is 0.738. The molecule has 1 aromatic carbocycles. The number of rotatable bonds is 5. The summed E-state index contributed by atoms with van der Waals surface area (Å²) in [7, 11) is 4.91. The number of benzene rings is 1. The lowest BCUT2D eigenvalue weighted by molar-refractivity contribution is 0.369. The highest BCUT2D eigenvalue weighted by Crippen LogP contribution is 2.34. The van der Waals surface area contributed by atoms with Gasteiger partial charge in [0.1, 0.15) is 17.2 Å². The second kappa shape index (κ2) is 5.85. The van der Waals surface area contributed by atoms with E-state index in [1.165, 1.54) is 0 Å². The van der Waals surface area contributed by atoms with Crippen LogP contribution in [-0.2, 0) is 6.42 Å². The van der Waals surface area contributed by atoms with Gasteiger partial charge >= 0.3 is 0 Å². The normalized spacial score (nSPS) is 9.87. The molecular formula is C11H15BrO3. The summed E-state index contributed by atoms with van der Waals surface area (Å²) in [6, 6.07) is 3.72. The summed E-state index contributed by atoms with van der Waals surface area (Å²) in [5, 5.41) is 0.867. The van der Waals surface area contributed by atoms with E-state index < -0.39 is 0 Å². The van der Waals surface area contributed by atoms with Gasteiger partial charge in [0.05, 0.1) is 21.3 Å². The van der Waals surface area contributed by atoms with Crippen LogP contribution in [-0.4, -0.2) is 26.7 Å². The summed E-state index contributed by atoms with van der Waals surface area (Å²) in [6.07, 6.45) is 0.857. The molecule has 0 aliphatic heterocycles. The first-order valence-corrected chi connectivity index (χ1v) is 5.73. The molecule has 0 fully saturated rings. The van der Waals surface area contributed by atoms with Gasteiger partial charge in [0, 0.05) is 23.0 Å². The fraction of sp³-hybridized carbons (Fsp3) is 0.455. The van der Waals surface area contributed by atoms with E-state index in [2.05, 4.69) is 15.9 Å². The summed E-state index contributed by atoms with van der Waals surface area (Å²) < 4.78 is 15.8. The first kappa shape index (κ1) is 12.2. The molecule has 15 heavy (non-hydrogen) atoms. The van der Waals surface area contributed by atoms with Gasteiger partial charge in [-0.15, -0.1) is 0 Å². The van der Waals surface area contributed by atoms with E-state index in [0.717, 1.165) is 34.6 Å². The van der Waals surface area contributed by atoms with E-state index >= 15 is 0 Å². The van der Waals surface area contributed by atoms with Crippen molar-refractivity contribution in [1.29, 1.82) is 0 Å². The predicted molar refractivity (Wildman–Crippen MR) is 63.6 cm³/mol. The summed E-state index contributed by atoms with van der Waals surface area (Å²) in [4.78, 5) is 0. The van der Waals surface area contributed by atoms with Crippen molar-refractivity contribution in [2.24, 2.45) is 0 Å². The number of ether oxygens (including phenoxy) is 3. The van der Waals surface area contributed by atoms with E-state index in [-0.39, 0.29) is 0 Å². The van der Waals surface area contributed by atoms with Gasteiger partial charge in [-0.25, -0.2) is 0 Å². The Hall–Kier alpha value is -0.900. The molecule has 0 heterocycles. The first-order valence-electron chi connectivity index (χ1n) is 4.61. The second-order valence-electron chi connectivity index (χ2n) is 2.95. The lowest BCUT2D eigenvalue weighted by Crippen LogP contribution is -1.99. The van der Waals surface area contributed by atoms with Crippen molar-refractivity contribution in [2.45, 2.75) is 6.42 Å². The summed E-state index contributed by atoms with van der Waals surface area (Å²) in [5.74, 6) is 2.33. The molecule has 1 aromatic rings. The largest absolute Gasteiger partial charge is 0.496 e. The van der Waals surface area contributed by atoms with Crippen LogP contribution in [0.1, 0.15) is 5.56 Å². The maximum atomic E-state index is 5.30. The fourth-order valence-corrected chi connectivity index (χ4v) is 1.82. The van der Waals surface area contributed by atoms with Crippen LogP contribution >= 0.6 is 15.9 Å². The van der Waals surface area contributed by atoms with Crippen molar-refractivity contribution in [3.63, 3.8) is 0 Å². The summed E-state index contributed by atoms with van der Waals surface area (Å²) >= 11 is 3.41. The maximum Gasteiger partial charge on any atom is 0.129 e. The van der Waals surface area contributed by atoms with Crippen molar-refractivity contribution in [2.75, 3.05) is 26.7 Å². The van der Waals surface area contributed by atoms with E-state index in [1.54, 1.807) is 21.3 Å². The Kier molecular flexibility index (Phi) is 4.75. The molecule has 1 rings (SSSR count). The molecule has 0 amide bonds. The van der Waals surface area contributed by atoms with Crippen LogP contribution in [0.3, 0.4) is 0 Å². The Morgan fingerprint density at radius 3 is 1.87 bits per heavy atom. The van der Waals surface area contributed by atoms with Gasteiger partial charge < -0.3 is 14.2 Å². The third kappa shape index (κ3) is 2.78. The Bertz CT molecular complexity index is 301. The van der Waals surface area contributed by atoms with E-state index in [9.17, 15) is 0 Å². The zero-order valence-corrected chi connectivity index (χ0v) is 10.8. The number of methoxy groups -OCH3 is 3. The fourth-order valence-electron chi connectivity index (χ4n) is 1.42. The SMILES string of the molecule is COc1cc(OC)c(CCBr)c(OC)c1. The molecular weight excluding hydrogens is 260 g/mol. The standard InChI is InChI=1S/C11H15BrO3/c1-13-8-6-10(14-2)9(4-5-12)11(7-8)15-3/h6-7H,4-5H2,1-3H3. The third-order valence-electron chi connectivity index (χ3n) is 2.16. The molecule has 0 aromatic heterocycles. The molecule has 84 valence electrons. The second-order valence-corrected chi connectivity index (χ2v) is 3.74. The van der Waals surface area contributed by atoms with Crippen molar-refractivity contribution in [1.82, 2.24) is 0 Å². The van der Waals surface area contributed by atoms with Gasteiger partial charge in [0.2, 0.25) is 0 Å². The van der Waals surface area contributed by atoms with Crippen molar-refractivity contribution >= 4 is 15.9 Å². The van der Waals surface area contributed by atoms with Gasteiger partial charge in [-0.05, 0) is 6.42 Å². The lowest BCUT2D eigenvalue weighted by atomic mass is 10.1. The molecule has 0 radical (unpaired) electrons. The van der Waals surface area contributed by atoms with E-state index in [4.69, 9.17) is 14.2 Å². The summed E-state index contributed by atoms with van der Waals surface area (Å²) in [5.41, 5.74) is 1.05. The Labute approximate surface area is 98.5 Å². The Morgan fingerprint density at radius 1 is 1.00 bits per heavy atom. The third-order valence-corrected chi connectivity index (χ3v) is 2.56. The van der Waals surface area contributed by atoms with Crippen LogP contribution in [0.25, 0.3) is 0 Å². The first-order chi connectivity index (χ1) is 7.26. The van der Waals surface area contributed by atoms with Crippen molar-refractivity contribution < 1.29 is 14.2 Å². The zero-order valence-electron chi connectivity index (χ0n) is 9.17. The number of hydrogen-bond acceptors (Lipinski definition) is 3. The minimum atomic E-state index is 0.738. The molecule has 0 aliphatic carbocycles. The molecule has 0 saturated heterocycles. The maximum absolute atomic E-state index is 5.30. The molecule has 0 N–H and O–H groups in total. The molecule has 0 unspecified atom stereocenters. The van der Waals surface area contributed by atoms with Crippen LogP contribution < -0.4 is 14.2 Å². The summed E-state index contributed by atoms with van der Waals surface area (Å²) in [6.45, 7) is 0. The molecule has 4 heteroatoms. The van der Waals surface area contributed by atoms with Gasteiger partial charge in [0.25, 0.3) is 0 Å². The molecule has 0 atom stereocenters. The van der Waals surface area contributed by atoms with Crippen LogP contribution in [0.2, 0.25) is 0 Å². The van der Waals surface area contributed by atoms with Crippen molar-refractivity contribution in [3.8, 4) is 17.2 Å². The van der Waals surface area contributed by atoms with Crippen LogP contribution in [0.4, 0.5) is 0 Å². The number of hydrogen-bond donors (Lipinski definition) is 0. The quantitative estimate of drug-likeness (QED) is 0.773. The highest BCUT2D eigenvalue weighted by atomic mass is 79.9. The molecule has 0 bridgehead atoms. The average Bonchev–Trinajstić information content (AvgIpc) is 2.29.